The van der Waals surface area contributed by atoms with Crippen LogP contribution in [0, 0.1) is 5.92 Å². The van der Waals surface area contributed by atoms with Gasteiger partial charge in [-0.1, -0.05) is 36.4 Å². The summed E-state index contributed by atoms with van der Waals surface area (Å²) in [5.41, 5.74) is 1.10. The Labute approximate surface area is 222 Å². The number of benzene rings is 2. The van der Waals surface area contributed by atoms with Gasteiger partial charge in [-0.3, -0.25) is 0 Å². The van der Waals surface area contributed by atoms with Gasteiger partial charge in [0.2, 0.25) is 5.95 Å². The lowest BCUT2D eigenvalue weighted by molar-refractivity contribution is -0.111. The highest BCUT2D eigenvalue weighted by Gasteiger charge is 2.27. The molecular weight excluding hydrogens is 486 g/mol. The molecule has 2 amide bonds. The first-order valence-corrected chi connectivity index (χ1v) is 12.9. The molecule has 4 rings (SSSR count). The summed E-state index contributed by atoms with van der Waals surface area (Å²) in [6, 6.07) is 13.6. The van der Waals surface area contributed by atoms with Crippen LogP contribution in [0.5, 0.6) is 0 Å². The molecule has 1 N–H and O–H groups in total. The Bertz CT molecular complexity index is 1200. The lowest BCUT2D eigenvalue weighted by atomic mass is 9.96. The molecule has 2 aromatic carbocycles. The van der Waals surface area contributed by atoms with Gasteiger partial charge in [0.05, 0.1) is 24.4 Å². The van der Waals surface area contributed by atoms with Gasteiger partial charge in [-0.15, -0.1) is 0 Å². The zero-order chi connectivity index (χ0) is 26.9. The van der Waals surface area contributed by atoms with Gasteiger partial charge in [0, 0.05) is 51.6 Å². The molecule has 202 valence electrons. The molecule has 3 aromatic rings. The maximum absolute atomic E-state index is 13.5. The quantitative estimate of drug-likeness (QED) is 0.313. The van der Waals surface area contributed by atoms with Crippen molar-refractivity contribution in [3.63, 3.8) is 0 Å². The van der Waals surface area contributed by atoms with Crippen LogP contribution in [0.1, 0.15) is 30.1 Å². The van der Waals surface area contributed by atoms with Crippen LogP contribution in [0.25, 0.3) is 10.8 Å². The van der Waals surface area contributed by atoms with Crippen LogP contribution in [0.4, 0.5) is 16.4 Å². The van der Waals surface area contributed by atoms with Crippen LogP contribution in [0.2, 0.25) is 0 Å². The van der Waals surface area contributed by atoms with Crippen molar-refractivity contribution in [2.24, 2.45) is 5.92 Å². The number of esters is 1. The SMILES string of the molecule is CCOC(=O)c1cnc(N2CCC(CN(CC(OC)OC)C(=O)Nc3cccc4ccccc34)CC2)nc1. The third-order valence-electron chi connectivity index (χ3n) is 6.74. The van der Waals surface area contributed by atoms with Crippen molar-refractivity contribution in [2.75, 3.05) is 57.2 Å². The highest BCUT2D eigenvalue weighted by Crippen LogP contribution is 2.25. The Morgan fingerprint density at radius 1 is 1.05 bits per heavy atom. The molecule has 0 radical (unpaired) electrons. The molecule has 10 heteroatoms. The fourth-order valence-electron chi connectivity index (χ4n) is 4.63. The number of piperidine rings is 1. The molecule has 1 saturated heterocycles. The lowest BCUT2D eigenvalue weighted by Gasteiger charge is -2.35. The van der Waals surface area contributed by atoms with Gasteiger partial charge in [0.25, 0.3) is 0 Å². The summed E-state index contributed by atoms with van der Waals surface area (Å²) < 4.78 is 15.8. The van der Waals surface area contributed by atoms with Gasteiger partial charge < -0.3 is 29.3 Å². The van der Waals surface area contributed by atoms with Gasteiger partial charge in [-0.25, -0.2) is 19.6 Å². The van der Waals surface area contributed by atoms with Crippen LogP contribution in [-0.2, 0) is 14.2 Å². The van der Waals surface area contributed by atoms with E-state index in [2.05, 4.69) is 20.2 Å². The number of methoxy groups -OCH3 is 2. The van der Waals surface area contributed by atoms with Crippen molar-refractivity contribution in [3.8, 4) is 0 Å². The summed E-state index contributed by atoms with van der Waals surface area (Å²) in [6.45, 7) is 4.44. The smallest absolute Gasteiger partial charge is 0.341 e. The van der Waals surface area contributed by atoms with Crippen molar-refractivity contribution in [2.45, 2.75) is 26.1 Å². The van der Waals surface area contributed by atoms with Crippen LogP contribution < -0.4 is 10.2 Å². The second kappa shape index (κ2) is 13.2. The molecule has 0 unspecified atom stereocenters. The average Bonchev–Trinajstić information content (AvgIpc) is 2.96. The zero-order valence-electron chi connectivity index (χ0n) is 22.1. The van der Waals surface area contributed by atoms with Gasteiger partial charge in [-0.05, 0) is 37.1 Å². The molecule has 0 aliphatic carbocycles. The molecule has 1 aliphatic rings. The molecule has 0 atom stereocenters. The van der Waals surface area contributed by atoms with E-state index < -0.39 is 12.3 Å². The highest BCUT2D eigenvalue weighted by atomic mass is 16.7. The van der Waals surface area contributed by atoms with E-state index in [1.165, 1.54) is 12.4 Å². The number of hydrogen-bond acceptors (Lipinski definition) is 8. The van der Waals surface area contributed by atoms with Crippen LogP contribution in [0.3, 0.4) is 0 Å². The number of amides is 2. The Kier molecular flexibility index (Phi) is 9.45. The normalized spacial score (nSPS) is 14.1. The number of urea groups is 1. The predicted molar refractivity (Wildman–Crippen MR) is 145 cm³/mol. The summed E-state index contributed by atoms with van der Waals surface area (Å²) in [7, 11) is 3.14. The van der Waals surface area contributed by atoms with Crippen molar-refractivity contribution >= 4 is 34.4 Å². The van der Waals surface area contributed by atoms with Gasteiger partial charge in [0.15, 0.2) is 6.29 Å². The van der Waals surface area contributed by atoms with Crippen LogP contribution in [0.15, 0.2) is 54.9 Å². The zero-order valence-corrected chi connectivity index (χ0v) is 22.1. The molecular formula is C28H35N5O5. The first-order chi connectivity index (χ1) is 18.5. The largest absolute Gasteiger partial charge is 0.462 e. The Hall–Kier alpha value is -3.76. The number of carbonyl (C=O) groups excluding carboxylic acids is 2. The summed E-state index contributed by atoms with van der Waals surface area (Å²) in [6.07, 6.45) is 4.21. The second-order valence-electron chi connectivity index (χ2n) is 9.19. The topological polar surface area (TPSA) is 106 Å². The molecule has 0 saturated carbocycles. The van der Waals surface area contributed by atoms with Gasteiger partial charge in [0.1, 0.15) is 0 Å². The maximum atomic E-state index is 13.5. The van der Waals surface area contributed by atoms with E-state index in [0.29, 0.717) is 31.2 Å². The molecule has 2 heterocycles. The van der Waals surface area contributed by atoms with Crippen molar-refractivity contribution in [1.82, 2.24) is 14.9 Å². The monoisotopic (exact) mass is 521 g/mol. The molecule has 0 bridgehead atoms. The number of aromatic nitrogens is 2. The molecule has 10 nitrogen and oxygen atoms in total. The van der Waals surface area contributed by atoms with Crippen molar-refractivity contribution < 1.29 is 23.8 Å². The third kappa shape index (κ3) is 6.76. The van der Waals surface area contributed by atoms with E-state index in [-0.39, 0.29) is 11.9 Å². The number of carbonyl (C=O) groups is 2. The molecule has 1 fully saturated rings. The number of ether oxygens (including phenoxy) is 3. The minimum atomic E-state index is -0.528. The number of hydrogen-bond donors (Lipinski definition) is 1. The second-order valence-corrected chi connectivity index (χ2v) is 9.19. The predicted octanol–water partition coefficient (Wildman–Crippen LogP) is 4.18. The fraction of sp³-hybridized carbons (Fsp3) is 0.429. The Morgan fingerprint density at radius 2 is 1.74 bits per heavy atom. The van der Waals surface area contributed by atoms with Crippen molar-refractivity contribution in [3.05, 3.63) is 60.4 Å². The number of rotatable bonds is 10. The number of nitrogens with zero attached hydrogens (tertiary/aromatic N) is 4. The summed E-state index contributed by atoms with van der Waals surface area (Å²) in [4.78, 5) is 37.9. The maximum Gasteiger partial charge on any atom is 0.341 e. The minimum Gasteiger partial charge on any atom is -0.462 e. The van der Waals surface area contributed by atoms with E-state index in [9.17, 15) is 9.59 Å². The Morgan fingerprint density at radius 3 is 2.42 bits per heavy atom. The molecule has 38 heavy (non-hydrogen) atoms. The van der Waals surface area contributed by atoms with E-state index >= 15 is 0 Å². The molecule has 1 aromatic heterocycles. The first-order valence-electron chi connectivity index (χ1n) is 12.9. The number of anilines is 2. The van der Waals surface area contributed by atoms with Crippen LogP contribution >= 0.6 is 0 Å². The summed E-state index contributed by atoms with van der Waals surface area (Å²) in [5, 5.41) is 5.14. The first kappa shape index (κ1) is 27.3. The van der Waals surface area contributed by atoms with Crippen molar-refractivity contribution in [1.29, 1.82) is 0 Å². The fourth-order valence-corrected chi connectivity index (χ4v) is 4.63. The van der Waals surface area contributed by atoms with Gasteiger partial charge >= 0.3 is 12.0 Å². The summed E-state index contributed by atoms with van der Waals surface area (Å²) in [5.74, 6) is 0.448. The lowest BCUT2D eigenvalue weighted by Crippen LogP contribution is -2.46. The third-order valence-corrected chi connectivity index (χ3v) is 6.74. The van der Waals surface area contributed by atoms with E-state index in [0.717, 1.165) is 42.4 Å². The minimum absolute atomic E-state index is 0.194. The standard InChI is InChI=1S/C28H35N5O5/c1-4-38-26(34)22-16-29-27(30-17-22)32-14-12-20(13-15-32)18-33(19-25(36-2)37-3)28(35)31-24-11-7-9-21-8-5-6-10-23(21)24/h5-11,16-17,20,25H,4,12-15,18-19H2,1-3H3,(H,31,35). The number of nitrogens with one attached hydrogen (secondary N) is 1. The summed E-state index contributed by atoms with van der Waals surface area (Å²) >= 11 is 0. The van der Waals surface area contributed by atoms with Crippen LogP contribution in [-0.4, -0.2) is 80.2 Å². The highest BCUT2D eigenvalue weighted by molar-refractivity contribution is 6.01. The molecule has 0 spiro atoms. The van der Waals surface area contributed by atoms with Gasteiger partial charge in [-0.2, -0.15) is 0 Å². The van der Waals surface area contributed by atoms with E-state index in [4.69, 9.17) is 14.2 Å². The van der Waals surface area contributed by atoms with E-state index in [1.807, 2.05) is 42.5 Å². The Balaban J connectivity index is 1.39. The average molecular weight is 522 g/mol. The molecule has 1 aliphatic heterocycles. The van der Waals surface area contributed by atoms with E-state index in [1.54, 1.807) is 26.0 Å². The number of fused-ring (bicyclic) bond motifs is 1.